The van der Waals surface area contributed by atoms with Crippen molar-refractivity contribution in [1.29, 1.82) is 0 Å². The summed E-state index contributed by atoms with van der Waals surface area (Å²) in [5.74, 6) is -4.05. The lowest BCUT2D eigenvalue weighted by molar-refractivity contribution is -0.353. The molecule has 2 aliphatic rings. The molecule has 17 heteroatoms. The maximum absolute atomic E-state index is 11.6. The predicted octanol–water partition coefficient (Wildman–Crippen LogP) is -1.70. The molecule has 2 aliphatic heterocycles. The summed E-state index contributed by atoms with van der Waals surface area (Å²) in [6.07, 6.45) is -19.2. The van der Waals surface area contributed by atoms with Crippen molar-refractivity contribution in [3.05, 3.63) is 36.4 Å². The number of benzene rings is 2. The Morgan fingerprint density at radius 1 is 0.795 bits per heavy atom. The van der Waals surface area contributed by atoms with Gasteiger partial charge in [-0.3, -0.25) is 0 Å². The topological polar surface area (TPSA) is 288 Å². The maximum atomic E-state index is 11.6. The van der Waals surface area contributed by atoms with Crippen LogP contribution in [0, 0.1) is 0 Å². The smallest absolute Gasteiger partial charge is 0.402 e. The molecule has 2 fully saturated rings. The van der Waals surface area contributed by atoms with Gasteiger partial charge in [0, 0.05) is 18.2 Å². The number of aliphatic carboxylic acids is 1. The van der Waals surface area contributed by atoms with Crippen LogP contribution in [0.2, 0.25) is 0 Å². The third-order valence-electron chi connectivity index (χ3n) is 7.23. The van der Waals surface area contributed by atoms with Crippen LogP contribution < -0.4 is 4.74 Å². The molecule has 2 saturated heterocycles. The Balaban J connectivity index is 1.57. The molecule has 2 aromatic carbocycles. The zero-order chi connectivity index (χ0) is 32.0. The third kappa shape index (κ3) is 5.75. The number of carboxylic acids is 1. The van der Waals surface area contributed by atoms with Crippen LogP contribution in [0.4, 0.5) is 0 Å². The fourth-order valence-corrected chi connectivity index (χ4v) is 4.88. The molecule has 3 heterocycles. The zero-order valence-electron chi connectivity index (χ0n) is 22.3. The van der Waals surface area contributed by atoms with Crippen molar-refractivity contribution in [1.82, 2.24) is 0 Å². The van der Waals surface area contributed by atoms with Crippen molar-refractivity contribution in [3.63, 3.8) is 0 Å². The summed E-state index contributed by atoms with van der Waals surface area (Å²) in [6, 6.07) is 6.90. The first-order valence-corrected chi connectivity index (χ1v) is 13.0. The van der Waals surface area contributed by atoms with E-state index in [2.05, 4.69) is 0 Å². The number of aromatic hydroxyl groups is 4. The first-order chi connectivity index (χ1) is 20.8. The van der Waals surface area contributed by atoms with Crippen molar-refractivity contribution in [2.75, 3.05) is 6.61 Å². The molecule has 238 valence electrons. The Morgan fingerprint density at radius 3 is 2.18 bits per heavy atom. The number of phenols is 4. The fourth-order valence-electron chi connectivity index (χ4n) is 4.88. The van der Waals surface area contributed by atoms with Crippen LogP contribution in [-0.2, 0) is 19.0 Å². The first-order valence-electron chi connectivity index (χ1n) is 13.0. The van der Waals surface area contributed by atoms with Crippen LogP contribution in [-0.4, -0.2) is 130 Å². The van der Waals surface area contributed by atoms with Gasteiger partial charge in [-0.05, 0) is 12.1 Å². The molecule has 44 heavy (non-hydrogen) atoms. The minimum Gasteiger partial charge on any atom is -0.507 e. The van der Waals surface area contributed by atoms with Crippen molar-refractivity contribution in [2.45, 2.75) is 61.4 Å². The Morgan fingerprint density at radius 2 is 1.52 bits per heavy atom. The van der Waals surface area contributed by atoms with Gasteiger partial charge in [-0.1, -0.05) is 0 Å². The van der Waals surface area contributed by atoms with E-state index >= 15 is 0 Å². The number of rotatable bonds is 7. The molecule has 17 nitrogen and oxygen atoms in total. The van der Waals surface area contributed by atoms with Gasteiger partial charge < -0.3 is 75.1 Å². The summed E-state index contributed by atoms with van der Waals surface area (Å²) in [7, 11) is 0. The lowest BCUT2D eigenvalue weighted by Crippen LogP contribution is -2.65. The second-order valence-electron chi connectivity index (χ2n) is 10.2. The van der Waals surface area contributed by atoms with Gasteiger partial charge in [-0.15, -0.1) is 0 Å². The van der Waals surface area contributed by atoms with Crippen molar-refractivity contribution < 1.29 is 84.3 Å². The average Bonchev–Trinajstić information content (AvgIpc) is 2.97. The quantitative estimate of drug-likeness (QED) is 0.103. The number of hydrogen-bond donors (Lipinski definition) is 11. The van der Waals surface area contributed by atoms with E-state index in [0.717, 1.165) is 24.3 Å². The maximum Gasteiger partial charge on any atom is 0.402 e. The normalized spacial score (nSPS) is 32.4. The van der Waals surface area contributed by atoms with Gasteiger partial charge in [0.05, 0.1) is 18.2 Å². The highest BCUT2D eigenvalue weighted by atomic mass is 16.8. The number of hydrogen-bond acceptors (Lipinski definition) is 15. The van der Waals surface area contributed by atoms with Gasteiger partial charge in [0.2, 0.25) is 12.0 Å². The molecular weight excluding hydrogens is 596 g/mol. The summed E-state index contributed by atoms with van der Waals surface area (Å²) in [5, 5.41) is 111. The summed E-state index contributed by atoms with van der Waals surface area (Å²) >= 11 is 0. The highest BCUT2D eigenvalue weighted by Crippen LogP contribution is 2.42. The molecule has 10 unspecified atom stereocenters. The molecule has 0 saturated carbocycles. The molecule has 0 amide bonds. The monoisotopic (exact) mass is 625 g/mol. The SMILES string of the molecule is O=C(O)C1OC(OC2C(Oc3cc4c(O)cc(O)cc4[o+]c3-c3ccc(O)c(O)c3)OC(CO)C(O)C2O)C(O)C(O)C1O. The number of phenolic OH excluding ortho intramolecular Hbond substituents is 4. The minimum atomic E-state index is -2.07. The van der Waals surface area contributed by atoms with E-state index in [1.54, 1.807) is 0 Å². The summed E-state index contributed by atoms with van der Waals surface area (Å²) < 4.78 is 28.1. The molecule has 0 aliphatic carbocycles. The lowest BCUT2D eigenvalue weighted by atomic mass is 9.97. The zero-order valence-corrected chi connectivity index (χ0v) is 22.3. The van der Waals surface area contributed by atoms with Gasteiger partial charge in [0.1, 0.15) is 53.5 Å². The highest BCUT2D eigenvalue weighted by Gasteiger charge is 2.53. The van der Waals surface area contributed by atoms with Crippen LogP contribution in [0.1, 0.15) is 0 Å². The summed E-state index contributed by atoms with van der Waals surface area (Å²) in [4.78, 5) is 11.6. The van der Waals surface area contributed by atoms with E-state index in [1.165, 1.54) is 12.1 Å². The third-order valence-corrected chi connectivity index (χ3v) is 7.23. The number of fused-ring (bicyclic) bond motifs is 1. The van der Waals surface area contributed by atoms with Crippen molar-refractivity contribution in [2.24, 2.45) is 0 Å². The van der Waals surface area contributed by atoms with Gasteiger partial charge in [-0.25, -0.2) is 9.21 Å². The highest BCUT2D eigenvalue weighted by molar-refractivity contribution is 5.88. The van der Waals surface area contributed by atoms with Gasteiger partial charge >= 0.3 is 17.3 Å². The molecule has 0 spiro atoms. The standard InChI is InChI=1S/C27H28O17/c28-7-16-17(33)19(35)24(44-26-21(37)18(34)20(36)23(43-26)25(38)39)27(42-16)41-15-6-10-12(31)4-9(29)5-14(10)40-22(15)8-1-2-11(30)13(32)3-8/h1-6,16-21,23-24,26-28,33-37H,7H2,(H4-,29,30,31,32,38,39)/p+1. The van der Waals surface area contributed by atoms with Crippen LogP contribution in [0.15, 0.2) is 40.8 Å². The van der Waals surface area contributed by atoms with Crippen LogP contribution in [0.5, 0.6) is 28.7 Å². The van der Waals surface area contributed by atoms with Gasteiger partial charge in [-0.2, -0.15) is 0 Å². The second-order valence-corrected chi connectivity index (χ2v) is 10.2. The van der Waals surface area contributed by atoms with E-state index in [1.807, 2.05) is 0 Å². The van der Waals surface area contributed by atoms with E-state index in [9.17, 15) is 61.0 Å². The summed E-state index contributed by atoms with van der Waals surface area (Å²) in [6.45, 7) is -0.833. The number of carboxylic acid groups (broad SMARTS) is 1. The van der Waals surface area contributed by atoms with Gasteiger partial charge in [0.15, 0.2) is 30.0 Å². The second kappa shape index (κ2) is 12.2. The Kier molecular flexibility index (Phi) is 8.67. The van der Waals surface area contributed by atoms with Crippen LogP contribution in [0.25, 0.3) is 22.3 Å². The predicted molar refractivity (Wildman–Crippen MR) is 140 cm³/mol. The van der Waals surface area contributed by atoms with E-state index in [4.69, 9.17) is 23.4 Å². The van der Waals surface area contributed by atoms with Crippen LogP contribution in [0.3, 0.4) is 0 Å². The molecule has 0 radical (unpaired) electrons. The first kappa shape index (κ1) is 31.4. The Labute approximate surface area is 246 Å². The summed E-state index contributed by atoms with van der Waals surface area (Å²) in [5.41, 5.74) is 0.0181. The Bertz CT molecular complexity index is 1530. The van der Waals surface area contributed by atoms with E-state index in [0.29, 0.717) is 0 Å². The molecule has 10 atom stereocenters. The molecule has 5 rings (SSSR count). The van der Waals surface area contributed by atoms with Gasteiger partial charge in [0.25, 0.3) is 0 Å². The Hall–Kier alpha value is -4.04. The average molecular weight is 626 g/mol. The van der Waals surface area contributed by atoms with E-state index in [-0.39, 0.29) is 33.8 Å². The number of carbonyl (C=O) groups is 1. The van der Waals surface area contributed by atoms with E-state index < -0.39 is 91.2 Å². The fraction of sp³-hybridized carbons (Fsp3) is 0.407. The van der Waals surface area contributed by atoms with Crippen LogP contribution >= 0.6 is 0 Å². The largest absolute Gasteiger partial charge is 0.507 e. The lowest BCUT2D eigenvalue weighted by Gasteiger charge is -2.45. The number of aliphatic hydroxyl groups excluding tert-OH is 6. The molecule has 1 aromatic heterocycles. The minimum absolute atomic E-state index is 0.00966. The molecule has 3 aromatic rings. The number of ether oxygens (including phenoxy) is 4. The molecule has 0 bridgehead atoms. The molecular formula is C27H29O17+. The van der Waals surface area contributed by atoms with Crippen molar-refractivity contribution in [3.8, 4) is 40.1 Å². The number of aliphatic hydroxyl groups is 6. The van der Waals surface area contributed by atoms with Crippen molar-refractivity contribution >= 4 is 16.9 Å². The molecule has 11 N–H and O–H groups in total.